The number of likely N-dealkylation sites (tertiary alicyclic amines) is 2. The van der Waals surface area contributed by atoms with Gasteiger partial charge in [0.05, 0.1) is 4.88 Å². The lowest BCUT2D eigenvalue weighted by Crippen LogP contribution is -2.42. The Balaban J connectivity index is 1.19. The van der Waals surface area contributed by atoms with Crippen molar-refractivity contribution in [3.8, 4) is 0 Å². The van der Waals surface area contributed by atoms with Crippen molar-refractivity contribution in [2.24, 2.45) is 5.92 Å². The summed E-state index contributed by atoms with van der Waals surface area (Å²) in [5.41, 5.74) is 2.48. The molecule has 1 N–H and O–H groups in total. The minimum atomic E-state index is -0.00491. The van der Waals surface area contributed by atoms with Crippen LogP contribution in [0.5, 0.6) is 0 Å². The number of thiophene rings is 1. The zero-order valence-corrected chi connectivity index (χ0v) is 19.0. The standard InChI is InChI=1S/C25H33N3O2S/c29-24(22-11-15-28(16-12-22)25(30)23-6-5-17-31-23)26-18-20-7-9-21(10-8-20)19-27-13-3-1-2-4-14-27/h5-10,17,22H,1-4,11-16,18-19H2,(H,26,29). The van der Waals surface area contributed by atoms with Crippen LogP contribution >= 0.6 is 11.3 Å². The second-order valence-electron chi connectivity index (χ2n) is 8.77. The van der Waals surface area contributed by atoms with Gasteiger partial charge in [-0.2, -0.15) is 0 Å². The number of carbonyl (C=O) groups is 2. The fourth-order valence-electron chi connectivity index (χ4n) is 4.55. The highest BCUT2D eigenvalue weighted by atomic mass is 32.1. The lowest BCUT2D eigenvalue weighted by molar-refractivity contribution is -0.126. The molecular weight excluding hydrogens is 406 g/mol. The van der Waals surface area contributed by atoms with Crippen molar-refractivity contribution >= 4 is 23.2 Å². The van der Waals surface area contributed by atoms with Gasteiger partial charge in [-0.25, -0.2) is 0 Å². The molecule has 2 amide bonds. The van der Waals surface area contributed by atoms with Crippen LogP contribution in [-0.2, 0) is 17.9 Å². The Labute approximate surface area is 189 Å². The van der Waals surface area contributed by atoms with Gasteiger partial charge in [0.15, 0.2) is 0 Å². The Morgan fingerprint density at radius 2 is 1.58 bits per heavy atom. The van der Waals surface area contributed by atoms with Crippen LogP contribution in [0.4, 0.5) is 0 Å². The maximum absolute atomic E-state index is 12.6. The first-order valence-electron chi connectivity index (χ1n) is 11.6. The zero-order chi connectivity index (χ0) is 21.5. The van der Waals surface area contributed by atoms with Crippen LogP contribution < -0.4 is 5.32 Å². The highest BCUT2D eigenvalue weighted by Gasteiger charge is 2.28. The first-order chi connectivity index (χ1) is 15.2. The molecule has 3 heterocycles. The van der Waals surface area contributed by atoms with Crippen LogP contribution in [0.15, 0.2) is 41.8 Å². The van der Waals surface area contributed by atoms with Crippen LogP contribution in [-0.4, -0.2) is 47.8 Å². The molecule has 0 unspecified atom stereocenters. The summed E-state index contributed by atoms with van der Waals surface area (Å²) in [5, 5.41) is 5.02. The molecule has 0 spiro atoms. The van der Waals surface area contributed by atoms with Crippen molar-refractivity contribution in [3.63, 3.8) is 0 Å². The average molecular weight is 440 g/mol. The number of nitrogens with one attached hydrogen (secondary N) is 1. The van der Waals surface area contributed by atoms with E-state index in [-0.39, 0.29) is 17.7 Å². The molecule has 1 aromatic heterocycles. The van der Waals surface area contributed by atoms with E-state index in [4.69, 9.17) is 0 Å². The summed E-state index contributed by atoms with van der Waals surface area (Å²) in [6.07, 6.45) is 6.81. The number of carbonyl (C=O) groups excluding carboxylic acids is 2. The Hall–Kier alpha value is -2.18. The van der Waals surface area contributed by atoms with E-state index in [2.05, 4.69) is 34.5 Å². The minimum Gasteiger partial charge on any atom is -0.352 e. The predicted octanol–water partition coefficient (Wildman–Crippen LogP) is 4.29. The lowest BCUT2D eigenvalue weighted by atomic mass is 9.95. The van der Waals surface area contributed by atoms with E-state index in [0.29, 0.717) is 19.6 Å². The van der Waals surface area contributed by atoms with Crippen LogP contribution in [0.2, 0.25) is 0 Å². The predicted molar refractivity (Wildman–Crippen MR) is 125 cm³/mol. The summed E-state index contributed by atoms with van der Waals surface area (Å²) >= 11 is 1.48. The van der Waals surface area contributed by atoms with Crippen molar-refractivity contribution < 1.29 is 9.59 Å². The number of rotatable bonds is 6. The fraction of sp³-hybridized carbons (Fsp3) is 0.520. The average Bonchev–Trinajstić information content (AvgIpc) is 3.23. The molecule has 0 saturated carbocycles. The number of nitrogens with zero attached hydrogens (tertiary/aromatic N) is 2. The SMILES string of the molecule is O=C(NCc1ccc(CN2CCCCCC2)cc1)C1CCN(C(=O)c2cccs2)CC1. The van der Waals surface area contributed by atoms with Gasteiger partial charge in [-0.05, 0) is 61.3 Å². The van der Waals surface area contributed by atoms with Crippen LogP contribution in [0.25, 0.3) is 0 Å². The molecular formula is C25H33N3O2S. The largest absolute Gasteiger partial charge is 0.352 e. The van der Waals surface area contributed by atoms with Gasteiger partial charge in [0.1, 0.15) is 0 Å². The van der Waals surface area contributed by atoms with Crippen molar-refractivity contribution in [1.29, 1.82) is 0 Å². The van der Waals surface area contributed by atoms with Crippen molar-refractivity contribution in [3.05, 3.63) is 57.8 Å². The van der Waals surface area contributed by atoms with Crippen molar-refractivity contribution in [1.82, 2.24) is 15.1 Å². The monoisotopic (exact) mass is 439 g/mol. The molecule has 0 aliphatic carbocycles. The van der Waals surface area contributed by atoms with Gasteiger partial charge in [0.25, 0.3) is 5.91 Å². The zero-order valence-electron chi connectivity index (χ0n) is 18.2. The second kappa shape index (κ2) is 10.9. The van der Waals surface area contributed by atoms with Crippen LogP contribution in [0, 0.1) is 5.92 Å². The summed E-state index contributed by atoms with van der Waals surface area (Å²) in [4.78, 5) is 30.3. The van der Waals surface area contributed by atoms with E-state index >= 15 is 0 Å². The van der Waals surface area contributed by atoms with E-state index in [1.165, 1.54) is 55.7 Å². The molecule has 166 valence electrons. The Morgan fingerprint density at radius 3 is 2.23 bits per heavy atom. The summed E-state index contributed by atoms with van der Waals surface area (Å²) in [6.45, 7) is 5.30. The Bertz CT molecular complexity index is 834. The number of hydrogen-bond acceptors (Lipinski definition) is 4. The summed E-state index contributed by atoms with van der Waals surface area (Å²) < 4.78 is 0. The third-order valence-electron chi connectivity index (χ3n) is 6.48. The molecule has 0 radical (unpaired) electrons. The molecule has 2 aliphatic rings. The summed E-state index contributed by atoms with van der Waals surface area (Å²) in [5.74, 6) is 0.195. The molecule has 2 fully saturated rings. The van der Waals surface area contributed by atoms with Gasteiger partial charge < -0.3 is 10.2 Å². The minimum absolute atomic E-state index is 0.00491. The van der Waals surface area contributed by atoms with Gasteiger partial charge in [-0.15, -0.1) is 11.3 Å². The third-order valence-corrected chi connectivity index (χ3v) is 7.34. The van der Waals surface area contributed by atoms with Gasteiger partial charge in [-0.1, -0.05) is 43.2 Å². The van der Waals surface area contributed by atoms with E-state index in [1.807, 2.05) is 22.4 Å². The molecule has 0 bridgehead atoms. The lowest BCUT2D eigenvalue weighted by Gasteiger charge is -2.31. The van der Waals surface area contributed by atoms with Gasteiger partial charge >= 0.3 is 0 Å². The molecule has 5 nitrogen and oxygen atoms in total. The molecule has 2 aromatic rings. The Morgan fingerprint density at radius 1 is 0.903 bits per heavy atom. The molecule has 4 rings (SSSR count). The van der Waals surface area contributed by atoms with E-state index in [1.54, 1.807) is 0 Å². The van der Waals surface area contributed by atoms with Crippen LogP contribution in [0.1, 0.15) is 59.3 Å². The molecule has 0 atom stereocenters. The summed E-state index contributed by atoms with van der Waals surface area (Å²) in [6, 6.07) is 12.4. The highest BCUT2D eigenvalue weighted by Crippen LogP contribution is 2.21. The smallest absolute Gasteiger partial charge is 0.263 e. The Kier molecular flexibility index (Phi) is 7.76. The van der Waals surface area contributed by atoms with Crippen LogP contribution in [0.3, 0.4) is 0 Å². The molecule has 2 saturated heterocycles. The van der Waals surface area contributed by atoms with Crippen molar-refractivity contribution in [2.45, 2.75) is 51.6 Å². The first kappa shape index (κ1) is 22.0. The molecule has 1 aromatic carbocycles. The van der Waals surface area contributed by atoms with E-state index in [9.17, 15) is 9.59 Å². The molecule has 2 aliphatic heterocycles. The van der Waals surface area contributed by atoms with E-state index in [0.717, 1.165) is 29.8 Å². The number of hydrogen-bond donors (Lipinski definition) is 1. The number of piperidine rings is 1. The second-order valence-corrected chi connectivity index (χ2v) is 9.72. The summed E-state index contributed by atoms with van der Waals surface area (Å²) in [7, 11) is 0. The maximum Gasteiger partial charge on any atom is 0.263 e. The molecule has 31 heavy (non-hydrogen) atoms. The number of amides is 2. The van der Waals surface area contributed by atoms with E-state index < -0.39 is 0 Å². The normalized spacial score (nSPS) is 18.5. The highest BCUT2D eigenvalue weighted by molar-refractivity contribution is 7.12. The van der Waals surface area contributed by atoms with Crippen molar-refractivity contribution in [2.75, 3.05) is 26.2 Å². The topological polar surface area (TPSA) is 52.7 Å². The third kappa shape index (κ3) is 6.17. The molecule has 6 heteroatoms. The first-order valence-corrected chi connectivity index (χ1v) is 12.5. The maximum atomic E-state index is 12.6. The quantitative estimate of drug-likeness (QED) is 0.730. The number of benzene rings is 1. The van der Waals surface area contributed by atoms with Gasteiger partial charge in [-0.3, -0.25) is 14.5 Å². The van der Waals surface area contributed by atoms with Gasteiger partial charge in [0.2, 0.25) is 5.91 Å². The fourth-order valence-corrected chi connectivity index (χ4v) is 5.24. The van der Waals surface area contributed by atoms with Gasteiger partial charge in [0, 0.05) is 32.1 Å².